The monoisotopic (exact) mass is 297 g/mol. The maximum atomic E-state index is 5.97. The highest BCUT2D eigenvalue weighted by Gasteiger charge is 2.19. The van der Waals surface area contributed by atoms with Crippen molar-refractivity contribution in [3.8, 4) is 5.75 Å². The highest BCUT2D eigenvalue weighted by Crippen LogP contribution is 2.31. The molecule has 0 aliphatic heterocycles. The first kappa shape index (κ1) is 12.9. The Morgan fingerprint density at radius 2 is 2.24 bits per heavy atom. The number of halogens is 1. The van der Waals surface area contributed by atoms with Gasteiger partial charge in [-0.05, 0) is 44.9 Å². The number of hydrogen-bond acceptors (Lipinski definition) is 2. The SMILES string of the molecule is CNC(C)c1ccc(Br)cc1OCC1CCC1. The molecule has 2 nitrogen and oxygen atoms in total. The van der Waals surface area contributed by atoms with Crippen LogP contribution in [0, 0.1) is 5.92 Å². The van der Waals surface area contributed by atoms with E-state index in [1.807, 2.05) is 7.05 Å². The van der Waals surface area contributed by atoms with Gasteiger partial charge in [0.25, 0.3) is 0 Å². The second-order valence-electron chi connectivity index (χ2n) is 4.80. The summed E-state index contributed by atoms with van der Waals surface area (Å²) in [7, 11) is 1.97. The number of rotatable bonds is 5. The first-order valence-corrected chi connectivity index (χ1v) is 7.09. The molecule has 1 N–H and O–H groups in total. The Kier molecular flexibility index (Phi) is 4.46. The molecule has 1 atom stereocenters. The molecule has 17 heavy (non-hydrogen) atoms. The summed E-state index contributed by atoms with van der Waals surface area (Å²) in [6.07, 6.45) is 4.02. The zero-order valence-electron chi connectivity index (χ0n) is 10.5. The zero-order chi connectivity index (χ0) is 12.3. The van der Waals surface area contributed by atoms with Crippen molar-refractivity contribution in [3.63, 3.8) is 0 Å². The van der Waals surface area contributed by atoms with Crippen molar-refractivity contribution in [2.24, 2.45) is 5.92 Å². The predicted molar refractivity (Wildman–Crippen MR) is 74.5 cm³/mol. The second kappa shape index (κ2) is 5.87. The highest BCUT2D eigenvalue weighted by atomic mass is 79.9. The summed E-state index contributed by atoms with van der Waals surface area (Å²) < 4.78 is 7.05. The first-order chi connectivity index (χ1) is 8.20. The largest absolute Gasteiger partial charge is 0.493 e. The summed E-state index contributed by atoms with van der Waals surface area (Å²) in [6.45, 7) is 3.01. The van der Waals surface area contributed by atoms with Gasteiger partial charge in [0.2, 0.25) is 0 Å². The number of hydrogen-bond donors (Lipinski definition) is 1. The van der Waals surface area contributed by atoms with Crippen molar-refractivity contribution in [1.82, 2.24) is 5.32 Å². The summed E-state index contributed by atoms with van der Waals surface area (Å²) in [5, 5.41) is 3.26. The van der Waals surface area contributed by atoms with E-state index in [1.54, 1.807) is 0 Å². The Hall–Kier alpha value is -0.540. The maximum Gasteiger partial charge on any atom is 0.125 e. The lowest BCUT2D eigenvalue weighted by molar-refractivity contribution is 0.178. The molecule has 1 aromatic rings. The molecule has 0 amide bonds. The van der Waals surface area contributed by atoms with Crippen LogP contribution in [0.5, 0.6) is 5.75 Å². The third-order valence-corrected chi connectivity index (χ3v) is 4.07. The molecule has 3 heteroatoms. The van der Waals surface area contributed by atoms with Gasteiger partial charge in [0, 0.05) is 16.1 Å². The van der Waals surface area contributed by atoms with Gasteiger partial charge >= 0.3 is 0 Å². The molecule has 1 fully saturated rings. The van der Waals surface area contributed by atoms with E-state index in [-0.39, 0.29) is 0 Å². The third-order valence-electron chi connectivity index (χ3n) is 3.57. The molecule has 1 saturated carbocycles. The molecular formula is C14H20BrNO. The van der Waals surface area contributed by atoms with Crippen molar-refractivity contribution in [3.05, 3.63) is 28.2 Å². The van der Waals surface area contributed by atoms with Crippen LogP contribution >= 0.6 is 15.9 Å². The highest BCUT2D eigenvalue weighted by molar-refractivity contribution is 9.10. The van der Waals surface area contributed by atoms with E-state index in [4.69, 9.17) is 4.74 Å². The van der Waals surface area contributed by atoms with Gasteiger partial charge in [-0.3, -0.25) is 0 Å². The van der Waals surface area contributed by atoms with Gasteiger partial charge in [0.1, 0.15) is 5.75 Å². The molecule has 94 valence electrons. The number of benzene rings is 1. The van der Waals surface area contributed by atoms with E-state index >= 15 is 0 Å². The lowest BCUT2D eigenvalue weighted by Gasteiger charge is -2.26. The molecule has 0 aromatic heterocycles. The van der Waals surface area contributed by atoms with Gasteiger partial charge in [0.15, 0.2) is 0 Å². The van der Waals surface area contributed by atoms with Gasteiger partial charge < -0.3 is 10.1 Å². The Morgan fingerprint density at radius 3 is 2.82 bits per heavy atom. The van der Waals surface area contributed by atoms with Gasteiger partial charge in [-0.1, -0.05) is 28.4 Å². The zero-order valence-corrected chi connectivity index (χ0v) is 12.1. The number of ether oxygens (including phenoxy) is 1. The number of nitrogens with one attached hydrogen (secondary N) is 1. The molecule has 1 aliphatic carbocycles. The Bertz CT molecular complexity index is 376. The minimum absolute atomic E-state index is 0.319. The van der Waals surface area contributed by atoms with Crippen molar-refractivity contribution < 1.29 is 4.74 Å². The lowest BCUT2D eigenvalue weighted by Crippen LogP contribution is -2.20. The average molecular weight is 298 g/mol. The summed E-state index contributed by atoms with van der Waals surface area (Å²) in [5.41, 5.74) is 1.23. The summed E-state index contributed by atoms with van der Waals surface area (Å²) >= 11 is 3.51. The van der Waals surface area contributed by atoms with E-state index in [0.717, 1.165) is 22.7 Å². The second-order valence-corrected chi connectivity index (χ2v) is 5.72. The van der Waals surface area contributed by atoms with E-state index in [9.17, 15) is 0 Å². The molecule has 0 heterocycles. The molecule has 0 saturated heterocycles. The van der Waals surface area contributed by atoms with Gasteiger partial charge in [-0.25, -0.2) is 0 Å². The topological polar surface area (TPSA) is 21.3 Å². The standard InChI is InChI=1S/C14H20BrNO/c1-10(16-2)13-7-6-12(15)8-14(13)17-9-11-4-3-5-11/h6-8,10-11,16H,3-5,9H2,1-2H3. The average Bonchev–Trinajstić information content (AvgIpc) is 2.26. The Balaban J connectivity index is 2.08. The molecule has 0 radical (unpaired) electrons. The molecule has 1 aliphatic rings. The fourth-order valence-corrected chi connectivity index (χ4v) is 2.35. The summed E-state index contributed by atoms with van der Waals surface area (Å²) in [5.74, 6) is 1.78. The normalized spacial score (nSPS) is 17.6. The van der Waals surface area contributed by atoms with Crippen molar-refractivity contribution in [1.29, 1.82) is 0 Å². The molecule has 2 rings (SSSR count). The summed E-state index contributed by atoms with van der Waals surface area (Å²) in [4.78, 5) is 0. The molecule has 0 bridgehead atoms. The smallest absolute Gasteiger partial charge is 0.125 e. The van der Waals surface area contributed by atoms with Gasteiger partial charge in [0.05, 0.1) is 6.61 Å². The van der Waals surface area contributed by atoms with Gasteiger partial charge in [-0.15, -0.1) is 0 Å². The van der Waals surface area contributed by atoms with Crippen LogP contribution in [-0.4, -0.2) is 13.7 Å². The third kappa shape index (κ3) is 3.23. The van der Waals surface area contributed by atoms with Crippen molar-refractivity contribution in [2.45, 2.75) is 32.2 Å². The fraction of sp³-hybridized carbons (Fsp3) is 0.571. The van der Waals surface area contributed by atoms with Gasteiger partial charge in [-0.2, -0.15) is 0 Å². The maximum absolute atomic E-state index is 5.97. The summed E-state index contributed by atoms with van der Waals surface area (Å²) in [6, 6.07) is 6.59. The van der Waals surface area contributed by atoms with E-state index in [1.165, 1.54) is 24.8 Å². The fourth-order valence-electron chi connectivity index (χ4n) is 2.01. The Morgan fingerprint density at radius 1 is 1.47 bits per heavy atom. The Labute approximate surface area is 112 Å². The van der Waals surface area contributed by atoms with Crippen molar-refractivity contribution >= 4 is 15.9 Å². The molecule has 1 aromatic carbocycles. The van der Waals surface area contributed by atoms with Crippen LogP contribution in [0.2, 0.25) is 0 Å². The molecular weight excluding hydrogens is 278 g/mol. The van der Waals surface area contributed by atoms with Crippen LogP contribution in [-0.2, 0) is 0 Å². The minimum atomic E-state index is 0.319. The van der Waals surface area contributed by atoms with Crippen LogP contribution < -0.4 is 10.1 Å². The van der Waals surface area contributed by atoms with E-state index < -0.39 is 0 Å². The predicted octanol–water partition coefficient (Wildman–Crippen LogP) is 3.91. The van der Waals surface area contributed by atoms with E-state index in [0.29, 0.717) is 6.04 Å². The molecule has 0 spiro atoms. The van der Waals surface area contributed by atoms with Crippen molar-refractivity contribution in [2.75, 3.05) is 13.7 Å². The first-order valence-electron chi connectivity index (χ1n) is 6.30. The van der Waals surface area contributed by atoms with Crippen LogP contribution in [0.15, 0.2) is 22.7 Å². The molecule has 1 unspecified atom stereocenters. The minimum Gasteiger partial charge on any atom is -0.493 e. The van der Waals surface area contributed by atoms with Crippen LogP contribution in [0.1, 0.15) is 37.8 Å². The lowest BCUT2D eigenvalue weighted by atomic mass is 9.86. The van der Waals surface area contributed by atoms with Crippen LogP contribution in [0.25, 0.3) is 0 Å². The van der Waals surface area contributed by atoms with Crippen LogP contribution in [0.3, 0.4) is 0 Å². The quantitative estimate of drug-likeness (QED) is 0.890. The van der Waals surface area contributed by atoms with E-state index in [2.05, 4.69) is 46.4 Å². The van der Waals surface area contributed by atoms with Crippen LogP contribution in [0.4, 0.5) is 0 Å².